The van der Waals surface area contributed by atoms with E-state index >= 15 is 0 Å². The molecule has 1 saturated heterocycles. The lowest BCUT2D eigenvalue weighted by Gasteiger charge is -2.26. The molecule has 1 aromatic rings. The van der Waals surface area contributed by atoms with E-state index in [0.29, 0.717) is 18.7 Å². The normalized spacial score (nSPS) is 16.8. The number of nitrogen functional groups attached to an aromatic ring is 1. The number of hydrogen-bond acceptors (Lipinski definition) is 3. The molecule has 4 heteroatoms. The number of aromatic nitrogens is 1. The summed E-state index contributed by atoms with van der Waals surface area (Å²) in [5.74, 6) is 0.226. The first-order valence-electron chi connectivity index (χ1n) is 5.23. The summed E-state index contributed by atoms with van der Waals surface area (Å²) in [4.78, 5) is 17.5. The quantitative estimate of drug-likeness (QED) is 0.788. The summed E-state index contributed by atoms with van der Waals surface area (Å²) in [5.41, 5.74) is 7.45. The smallest absolute Gasteiger partial charge is 0.222 e. The second-order valence-corrected chi connectivity index (χ2v) is 3.85. The molecule has 1 fully saturated rings. The highest BCUT2D eigenvalue weighted by Gasteiger charge is 2.18. The van der Waals surface area contributed by atoms with Crippen molar-refractivity contribution in [1.82, 2.24) is 9.88 Å². The maximum absolute atomic E-state index is 11.6. The monoisotopic (exact) mass is 205 g/mol. The number of amides is 1. The Morgan fingerprint density at radius 3 is 3.07 bits per heavy atom. The molecule has 0 aliphatic carbocycles. The molecule has 0 atom stereocenters. The number of rotatable bonds is 2. The predicted octanol–water partition coefficient (Wildman–Crippen LogP) is 1.18. The van der Waals surface area contributed by atoms with Crippen LogP contribution in [0.15, 0.2) is 18.5 Å². The average molecular weight is 205 g/mol. The van der Waals surface area contributed by atoms with Gasteiger partial charge in [-0.3, -0.25) is 9.78 Å². The van der Waals surface area contributed by atoms with Gasteiger partial charge >= 0.3 is 0 Å². The van der Waals surface area contributed by atoms with E-state index in [1.807, 2.05) is 4.90 Å². The summed E-state index contributed by atoms with van der Waals surface area (Å²) in [6, 6.07) is 1.77. The van der Waals surface area contributed by atoms with Gasteiger partial charge < -0.3 is 10.6 Å². The molecule has 4 nitrogen and oxygen atoms in total. The number of carbonyl (C=O) groups excluding carboxylic acids is 1. The Labute approximate surface area is 89.1 Å². The molecule has 0 aromatic carbocycles. The summed E-state index contributed by atoms with van der Waals surface area (Å²) in [6.07, 6.45) is 6.16. The van der Waals surface area contributed by atoms with Crippen molar-refractivity contribution < 1.29 is 4.79 Å². The van der Waals surface area contributed by atoms with Crippen LogP contribution in [0.25, 0.3) is 0 Å². The molecule has 2 rings (SSSR count). The number of piperidine rings is 1. The molecule has 15 heavy (non-hydrogen) atoms. The van der Waals surface area contributed by atoms with Gasteiger partial charge in [-0.05, 0) is 18.9 Å². The lowest BCUT2D eigenvalue weighted by molar-refractivity contribution is -0.133. The van der Waals surface area contributed by atoms with Crippen molar-refractivity contribution in [1.29, 1.82) is 0 Å². The minimum absolute atomic E-state index is 0.226. The Bertz CT molecular complexity index is 365. The number of nitrogens with zero attached hydrogens (tertiary/aromatic N) is 2. The van der Waals surface area contributed by atoms with Crippen molar-refractivity contribution in [3.8, 4) is 0 Å². The minimum atomic E-state index is 0.226. The highest BCUT2D eigenvalue weighted by molar-refractivity contribution is 5.77. The number of hydrogen-bond donors (Lipinski definition) is 1. The molecular formula is C11H15N3O. The first-order chi connectivity index (χ1) is 7.27. The zero-order chi connectivity index (χ0) is 10.7. The van der Waals surface area contributed by atoms with Crippen LogP contribution in [0.4, 0.5) is 5.69 Å². The first kappa shape index (κ1) is 9.96. The van der Waals surface area contributed by atoms with Crippen molar-refractivity contribution in [2.45, 2.75) is 25.8 Å². The van der Waals surface area contributed by atoms with Crippen LogP contribution in [0.2, 0.25) is 0 Å². The predicted molar refractivity (Wildman–Crippen MR) is 57.9 cm³/mol. The van der Waals surface area contributed by atoms with Gasteiger partial charge in [0.25, 0.3) is 0 Å². The Hall–Kier alpha value is -1.58. The second kappa shape index (κ2) is 4.29. The Morgan fingerprint density at radius 2 is 2.33 bits per heavy atom. The maximum Gasteiger partial charge on any atom is 0.222 e. The second-order valence-electron chi connectivity index (χ2n) is 3.85. The fraction of sp³-hybridized carbons (Fsp3) is 0.455. The van der Waals surface area contributed by atoms with Crippen LogP contribution in [-0.2, 0) is 11.3 Å². The van der Waals surface area contributed by atoms with Crippen LogP contribution in [0.1, 0.15) is 24.8 Å². The summed E-state index contributed by atoms with van der Waals surface area (Å²) in [7, 11) is 0. The van der Waals surface area contributed by atoms with Gasteiger partial charge in [0, 0.05) is 43.2 Å². The van der Waals surface area contributed by atoms with Gasteiger partial charge in [0.1, 0.15) is 0 Å². The number of nitrogens with two attached hydrogens (primary N) is 1. The number of carbonyl (C=O) groups is 1. The molecule has 1 aliphatic heterocycles. The van der Waals surface area contributed by atoms with Crippen LogP contribution in [-0.4, -0.2) is 22.3 Å². The summed E-state index contributed by atoms with van der Waals surface area (Å²) >= 11 is 0. The van der Waals surface area contributed by atoms with Crippen LogP contribution in [0, 0.1) is 0 Å². The van der Waals surface area contributed by atoms with Crippen LogP contribution < -0.4 is 5.73 Å². The van der Waals surface area contributed by atoms with Gasteiger partial charge in [-0.25, -0.2) is 0 Å². The van der Waals surface area contributed by atoms with E-state index in [1.54, 1.807) is 18.5 Å². The van der Waals surface area contributed by atoms with Crippen molar-refractivity contribution in [2.24, 2.45) is 0 Å². The molecule has 0 unspecified atom stereocenters. The first-order valence-corrected chi connectivity index (χ1v) is 5.23. The fourth-order valence-corrected chi connectivity index (χ4v) is 1.80. The third kappa shape index (κ3) is 2.26. The summed E-state index contributed by atoms with van der Waals surface area (Å²) in [5, 5.41) is 0. The Morgan fingerprint density at radius 1 is 1.47 bits per heavy atom. The molecular weight excluding hydrogens is 190 g/mol. The van der Waals surface area contributed by atoms with Gasteiger partial charge in [0.05, 0.1) is 0 Å². The summed E-state index contributed by atoms with van der Waals surface area (Å²) < 4.78 is 0. The van der Waals surface area contributed by atoms with Gasteiger partial charge in [-0.1, -0.05) is 0 Å². The third-order valence-corrected chi connectivity index (χ3v) is 2.72. The molecule has 0 bridgehead atoms. The van der Waals surface area contributed by atoms with E-state index < -0.39 is 0 Å². The minimum Gasteiger partial charge on any atom is -0.398 e. The Kier molecular flexibility index (Phi) is 2.85. The molecule has 0 radical (unpaired) electrons. The molecule has 1 aromatic heterocycles. The lowest BCUT2D eigenvalue weighted by Crippen LogP contribution is -2.34. The average Bonchev–Trinajstić information content (AvgIpc) is 2.24. The zero-order valence-electron chi connectivity index (χ0n) is 8.65. The van der Waals surface area contributed by atoms with E-state index in [-0.39, 0.29) is 5.91 Å². The molecule has 1 aliphatic rings. The SMILES string of the molecule is Nc1ccncc1CN1CCCCC1=O. The topological polar surface area (TPSA) is 59.2 Å². The van der Waals surface area contributed by atoms with E-state index in [0.717, 1.165) is 24.9 Å². The van der Waals surface area contributed by atoms with E-state index in [4.69, 9.17) is 5.73 Å². The van der Waals surface area contributed by atoms with E-state index in [2.05, 4.69) is 4.98 Å². The van der Waals surface area contributed by atoms with Crippen LogP contribution in [0.3, 0.4) is 0 Å². The molecule has 80 valence electrons. The van der Waals surface area contributed by atoms with Gasteiger partial charge in [-0.15, -0.1) is 0 Å². The molecule has 2 N–H and O–H groups in total. The fourth-order valence-electron chi connectivity index (χ4n) is 1.80. The Balaban J connectivity index is 2.08. The van der Waals surface area contributed by atoms with Gasteiger partial charge in [-0.2, -0.15) is 0 Å². The van der Waals surface area contributed by atoms with E-state index in [1.165, 1.54) is 0 Å². The lowest BCUT2D eigenvalue weighted by atomic mass is 10.1. The van der Waals surface area contributed by atoms with E-state index in [9.17, 15) is 4.79 Å². The molecule has 0 saturated carbocycles. The van der Waals surface area contributed by atoms with Crippen molar-refractivity contribution in [3.63, 3.8) is 0 Å². The number of likely N-dealkylation sites (tertiary alicyclic amines) is 1. The third-order valence-electron chi connectivity index (χ3n) is 2.72. The standard InChI is InChI=1S/C11H15N3O/c12-10-4-5-13-7-9(10)8-14-6-2-1-3-11(14)15/h4-5,7H,1-3,6,8H2,(H2,12,13). The number of pyridine rings is 1. The highest BCUT2D eigenvalue weighted by Crippen LogP contribution is 2.17. The highest BCUT2D eigenvalue weighted by atomic mass is 16.2. The zero-order valence-corrected chi connectivity index (χ0v) is 8.65. The van der Waals surface area contributed by atoms with Crippen molar-refractivity contribution in [3.05, 3.63) is 24.0 Å². The van der Waals surface area contributed by atoms with Crippen LogP contribution in [0.5, 0.6) is 0 Å². The molecule has 0 spiro atoms. The van der Waals surface area contributed by atoms with Crippen molar-refractivity contribution in [2.75, 3.05) is 12.3 Å². The number of anilines is 1. The van der Waals surface area contributed by atoms with Gasteiger partial charge in [0.2, 0.25) is 5.91 Å². The van der Waals surface area contributed by atoms with Crippen LogP contribution >= 0.6 is 0 Å². The summed E-state index contributed by atoms with van der Waals surface area (Å²) in [6.45, 7) is 1.44. The largest absolute Gasteiger partial charge is 0.398 e. The van der Waals surface area contributed by atoms with Crippen molar-refractivity contribution >= 4 is 11.6 Å². The molecule has 1 amide bonds. The maximum atomic E-state index is 11.6. The molecule has 2 heterocycles. The van der Waals surface area contributed by atoms with Gasteiger partial charge in [0.15, 0.2) is 0 Å².